The second-order valence-corrected chi connectivity index (χ2v) is 5.05. The van der Waals surface area contributed by atoms with Crippen molar-refractivity contribution in [1.82, 2.24) is 15.3 Å². The van der Waals surface area contributed by atoms with Gasteiger partial charge in [-0.15, -0.1) is 0 Å². The van der Waals surface area contributed by atoms with Gasteiger partial charge in [-0.25, -0.2) is 0 Å². The van der Waals surface area contributed by atoms with Crippen LogP contribution < -0.4 is 15.0 Å². The summed E-state index contributed by atoms with van der Waals surface area (Å²) in [5.74, 6) is 2.36. The highest BCUT2D eigenvalue weighted by Gasteiger charge is 2.20. The molecular weight excluding hydrogens is 240 g/mol. The molecule has 0 spiro atoms. The number of nitrogens with zero attached hydrogens (tertiary/aromatic N) is 3. The topological polar surface area (TPSA) is 50.3 Å². The van der Waals surface area contributed by atoms with Crippen LogP contribution in [0.1, 0.15) is 26.2 Å². The molecule has 5 nitrogen and oxygen atoms in total. The van der Waals surface area contributed by atoms with Gasteiger partial charge in [-0.2, -0.15) is 4.98 Å². The summed E-state index contributed by atoms with van der Waals surface area (Å²) < 4.78 is 5.54. The Labute approximate surface area is 115 Å². The number of aromatic nitrogens is 2. The molecule has 1 aromatic heterocycles. The van der Waals surface area contributed by atoms with Crippen LogP contribution in [0.15, 0.2) is 12.4 Å². The Bertz CT molecular complexity index is 377. The van der Waals surface area contributed by atoms with Crippen molar-refractivity contribution in [2.75, 3.05) is 38.2 Å². The number of hydrogen-bond acceptors (Lipinski definition) is 5. The molecule has 19 heavy (non-hydrogen) atoms. The molecule has 0 atom stereocenters. The highest BCUT2D eigenvalue weighted by molar-refractivity contribution is 5.37. The van der Waals surface area contributed by atoms with Crippen molar-refractivity contribution >= 4 is 5.82 Å². The lowest BCUT2D eigenvalue weighted by Crippen LogP contribution is -2.37. The van der Waals surface area contributed by atoms with Crippen molar-refractivity contribution < 1.29 is 4.74 Å². The van der Waals surface area contributed by atoms with Gasteiger partial charge >= 0.3 is 0 Å². The Morgan fingerprint density at radius 3 is 2.84 bits per heavy atom. The number of piperidine rings is 1. The Hall–Kier alpha value is -1.36. The normalized spacial score (nSPS) is 16.6. The van der Waals surface area contributed by atoms with Gasteiger partial charge in [-0.3, -0.25) is 4.98 Å². The molecule has 1 aliphatic heterocycles. The zero-order valence-corrected chi connectivity index (χ0v) is 11.9. The average molecular weight is 264 g/mol. The number of rotatable bonds is 6. The van der Waals surface area contributed by atoms with Crippen molar-refractivity contribution in [3.8, 4) is 5.88 Å². The van der Waals surface area contributed by atoms with Crippen LogP contribution in [-0.2, 0) is 0 Å². The summed E-state index contributed by atoms with van der Waals surface area (Å²) in [6.45, 7) is 6.00. The van der Waals surface area contributed by atoms with Gasteiger partial charge < -0.3 is 15.0 Å². The number of anilines is 1. The molecule has 0 radical (unpaired) electrons. The summed E-state index contributed by atoms with van der Waals surface area (Å²) in [5, 5.41) is 3.26. The molecule has 0 aromatic carbocycles. The van der Waals surface area contributed by atoms with Gasteiger partial charge in [-0.1, -0.05) is 6.92 Å². The maximum absolute atomic E-state index is 5.54. The molecule has 1 saturated heterocycles. The van der Waals surface area contributed by atoms with Crippen molar-refractivity contribution in [3.05, 3.63) is 12.4 Å². The van der Waals surface area contributed by atoms with E-state index in [0.29, 0.717) is 12.5 Å². The first-order valence-corrected chi connectivity index (χ1v) is 7.18. The fourth-order valence-corrected chi connectivity index (χ4v) is 2.42. The van der Waals surface area contributed by atoms with E-state index in [4.69, 9.17) is 4.74 Å². The van der Waals surface area contributed by atoms with Gasteiger partial charge in [0.25, 0.3) is 0 Å². The summed E-state index contributed by atoms with van der Waals surface area (Å²) in [7, 11) is 2.02. The zero-order valence-electron chi connectivity index (χ0n) is 11.9. The van der Waals surface area contributed by atoms with E-state index in [1.54, 1.807) is 6.20 Å². The van der Waals surface area contributed by atoms with Crippen molar-refractivity contribution in [3.63, 3.8) is 0 Å². The van der Waals surface area contributed by atoms with Gasteiger partial charge in [0.15, 0.2) is 5.82 Å². The minimum absolute atomic E-state index is 0.636. The molecule has 1 aliphatic rings. The molecule has 1 aromatic rings. The Morgan fingerprint density at radius 1 is 1.37 bits per heavy atom. The van der Waals surface area contributed by atoms with Crippen LogP contribution in [0.5, 0.6) is 5.88 Å². The quantitative estimate of drug-likeness (QED) is 0.847. The molecule has 1 N–H and O–H groups in total. The first kappa shape index (κ1) is 14.1. The molecule has 5 heteroatoms. The summed E-state index contributed by atoms with van der Waals surface area (Å²) >= 11 is 0. The molecule has 0 aliphatic carbocycles. The SMILES string of the molecule is CCCOc1cncc(N2CCC(CNC)CC2)n1. The van der Waals surface area contributed by atoms with Crippen LogP contribution in [0.25, 0.3) is 0 Å². The summed E-state index contributed by atoms with van der Waals surface area (Å²) in [4.78, 5) is 11.1. The van der Waals surface area contributed by atoms with E-state index in [1.165, 1.54) is 12.8 Å². The Kier molecular flexibility index (Phi) is 5.39. The fraction of sp³-hybridized carbons (Fsp3) is 0.714. The van der Waals surface area contributed by atoms with E-state index in [1.807, 2.05) is 13.2 Å². The predicted molar refractivity (Wildman–Crippen MR) is 76.7 cm³/mol. The first-order valence-electron chi connectivity index (χ1n) is 7.18. The van der Waals surface area contributed by atoms with E-state index in [2.05, 4.69) is 27.1 Å². The van der Waals surface area contributed by atoms with Crippen LogP contribution in [0, 0.1) is 5.92 Å². The maximum Gasteiger partial charge on any atom is 0.234 e. The van der Waals surface area contributed by atoms with E-state index in [9.17, 15) is 0 Å². The van der Waals surface area contributed by atoms with Crippen LogP contribution in [0.3, 0.4) is 0 Å². The fourth-order valence-electron chi connectivity index (χ4n) is 2.42. The summed E-state index contributed by atoms with van der Waals surface area (Å²) in [6.07, 6.45) is 6.93. The molecule has 0 saturated carbocycles. The Balaban J connectivity index is 1.91. The predicted octanol–water partition coefficient (Wildman–Crippen LogP) is 1.70. The molecular formula is C14H24N4O. The minimum Gasteiger partial charge on any atom is -0.477 e. The van der Waals surface area contributed by atoms with E-state index >= 15 is 0 Å². The van der Waals surface area contributed by atoms with Gasteiger partial charge in [0.2, 0.25) is 5.88 Å². The van der Waals surface area contributed by atoms with Crippen LogP contribution >= 0.6 is 0 Å². The molecule has 2 rings (SSSR count). The molecule has 1 fully saturated rings. The minimum atomic E-state index is 0.636. The molecule has 2 heterocycles. The van der Waals surface area contributed by atoms with E-state index in [-0.39, 0.29) is 0 Å². The van der Waals surface area contributed by atoms with Gasteiger partial charge in [0.05, 0.1) is 19.0 Å². The highest BCUT2D eigenvalue weighted by atomic mass is 16.5. The number of nitrogens with one attached hydrogen (secondary N) is 1. The van der Waals surface area contributed by atoms with Gasteiger partial charge in [0.1, 0.15) is 0 Å². The summed E-state index contributed by atoms with van der Waals surface area (Å²) in [6, 6.07) is 0. The molecule has 106 valence electrons. The third-order valence-electron chi connectivity index (χ3n) is 3.49. The molecule has 0 amide bonds. The van der Waals surface area contributed by atoms with Crippen LogP contribution in [0.4, 0.5) is 5.82 Å². The summed E-state index contributed by atoms with van der Waals surface area (Å²) in [5.41, 5.74) is 0. The number of ether oxygens (including phenoxy) is 1. The average Bonchev–Trinajstić information content (AvgIpc) is 2.46. The highest BCUT2D eigenvalue weighted by Crippen LogP contribution is 2.22. The smallest absolute Gasteiger partial charge is 0.234 e. The maximum atomic E-state index is 5.54. The van der Waals surface area contributed by atoms with Gasteiger partial charge in [-0.05, 0) is 38.8 Å². The standard InChI is InChI=1S/C14H24N4O/c1-3-8-19-14-11-16-10-13(17-14)18-6-4-12(5-7-18)9-15-2/h10-12,15H,3-9H2,1-2H3. The van der Waals surface area contributed by atoms with Crippen molar-refractivity contribution in [1.29, 1.82) is 0 Å². The third kappa shape index (κ3) is 4.06. The lowest BCUT2D eigenvalue weighted by Gasteiger charge is -2.32. The zero-order chi connectivity index (χ0) is 13.5. The Morgan fingerprint density at radius 2 is 2.16 bits per heavy atom. The number of hydrogen-bond donors (Lipinski definition) is 1. The van der Waals surface area contributed by atoms with Gasteiger partial charge in [0, 0.05) is 13.1 Å². The second-order valence-electron chi connectivity index (χ2n) is 5.05. The van der Waals surface area contributed by atoms with Crippen LogP contribution in [0.2, 0.25) is 0 Å². The molecule has 0 unspecified atom stereocenters. The largest absolute Gasteiger partial charge is 0.477 e. The lowest BCUT2D eigenvalue weighted by atomic mass is 9.97. The van der Waals surface area contributed by atoms with Crippen LogP contribution in [-0.4, -0.2) is 43.3 Å². The second kappa shape index (κ2) is 7.28. The first-order chi connectivity index (χ1) is 9.33. The lowest BCUT2D eigenvalue weighted by molar-refractivity contribution is 0.303. The van der Waals surface area contributed by atoms with E-state index in [0.717, 1.165) is 37.8 Å². The van der Waals surface area contributed by atoms with Crippen molar-refractivity contribution in [2.45, 2.75) is 26.2 Å². The van der Waals surface area contributed by atoms with E-state index < -0.39 is 0 Å². The third-order valence-corrected chi connectivity index (χ3v) is 3.49. The molecule has 0 bridgehead atoms. The monoisotopic (exact) mass is 264 g/mol. The van der Waals surface area contributed by atoms with Crippen molar-refractivity contribution in [2.24, 2.45) is 5.92 Å².